The highest BCUT2D eigenvalue weighted by molar-refractivity contribution is 5.79. The molecule has 0 fully saturated rings. The Bertz CT molecular complexity index is 765. The fourth-order valence-electron chi connectivity index (χ4n) is 4.02. The molecule has 26 heavy (non-hydrogen) atoms. The Morgan fingerprint density at radius 1 is 1.08 bits per heavy atom. The van der Waals surface area contributed by atoms with Crippen LogP contribution in [0.1, 0.15) is 71.1 Å². The molecular formula is C25H34O. The van der Waals surface area contributed by atoms with Gasteiger partial charge in [0.2, 0.25) is 0 Å². The minimum atomic E-state index is 0.0520. The summed E-state index contributed by atoms with van der Waals surface area (Å²) < 4.78 is 6.51. The lowest BCUT2D eigenvalue weighted by Crippen LogP contribution is -2.17. The van der Waals surface area contributed by atoms with Gasteiger partial charge in [0.1, 0.15) is 5.75 Å². The summed E-state index contributed by atoms with van der Waals surface area (Å²) in [7, 11) is 0. The van der Waals surface area contributed by atoms with Gasteiger partial charge in [0, 0.05) is 11.1 Å². The van der Waals surface area contributed by atoms with Gasteiger partial charge in [0.05, 0.1) is 6.61 Å². The van der Waals surface area contributed by atoms with E-state index in [0.717, 1.165) is 18.8 Å². The SMILES string of the molecule is CC(C)COc1c(C(C)(C)C)cc2c(c1-c1ccccc1)C[C@H](C)C2C. The number of fused-ring (bicyclic) bond motifs is 1. The van der Waals surface area contributed by atoms with Gasteiger partial charge in [-0.15, -0.1) is 0 Å². The van der Waals surface area contributed by atoms with Gasteiger partial charge in [-0.3, -0.25) is 0 Å². The molecule has 0 saturated carbocycles. The third kappa shape index (κ3) is 3.54. The molecule has 0 heterocycles. The number of hydrogen-bond donors (Lipinski definition) is 0. The van der Waals surface area contributed by atoms with Gasteiger partial charge in [-0.1, -0.05) is 84.9 Å². The number of ether oxygens (including phenoxy) is 1. The van der Waals surface area contributed by atoms with Gasteiger partial charge in [-0.25, -0.2) is 0 Å². The first-order chi connectivity index (χ1) is 12.2. The van der Waals surface area contributed by atoms with E-state index in [1.807, 2.05) is 0 Å². The lowest BCUT2D eigenvalue weighted by atomic mass is 9.80. The van der Waals surface area contributed by atoms with Crippen LogP contribution in [0.25, 0.3) is 11.1 Å². The molecule has 0 spiro atoms. The first-order valence-corrected chi connectivity index (χ1v) is 10.1. The second-order valence-electron chi connectivity index (χ2n) is 9.49. The summed E-state index contributed by atoms with van der Waals surface area (Å²) in [6.45, 7) is 16.9. The van der Waals surface area contributed by atoms with Crippen LogP contribution in [0.2, 0.25) is 0 Å². The van der Waals surface area contributed by atoms with Gasteiger partial charge in [0.15, 0.2) is 0 Å². The van der Waals surface area contributed by atoms with Crippen molar-refractivity contribution in [3.63, 3.8) is 0 Å². The van der Waals surface area contributed by atoms with Gasteiger partial charge in [0.25, 0.3) is 0 Å². The van der Waals surface area contributed by atoms with Crippen LogP contribution in [0.15, 0.2) is 36.4 Å². The molecule has 0 aliphatic heterocycles. The van der Waals surface area contributed by atoms with Crippen LogP contribution < -0.4 is 4.74 Å². The lowest BCUT2D eigenvalue weighted by molar-refractivity contribution is 0.266. The fourth-order valence-corrected chi connectivity index (χ4v) is 4.02. The maximum absolute atomic E-state index is 6.51. The van der Waals surface area contributed by atoms with E-state index in [2.05, 4.69) is 84.9 Å². The standard InChI is InChI=1S/C25H34O/c1-16(2)15-26-24-22(25(5,6)7)14-20-18(4)17(3)13-21(20)23(24)19-11-9-8-10-12-19/h8-12,14,16-18H,13,15H2,1-7H3/t17-,18?/m0/s1. The van der Waals surface area contributed by atoms with Crippen LogP contribution in [0, 0.1) is 11.8 Å². The molecule has 140 valence electrons. The highest BCUT2D eigenvalue weighted by Gasteiger charge is 2.34. The monoisotopic (exact) mass is 350 g/mol. The van der Waals surface area contributed by atoms with E-state index in [9.17, 15) is 0 Å². The Morgan fingerprint density at radius 3 is 2.31 bits per heavy atom. The number of rotatable bonds is 4. The zero-order chi connectivity index (χ0) is 19.1. The summed E-state index contributed by atoms with van der Waals surface area (Å²) >= 11 is 0. The predicted octanol–water partition coefficient (Wildman–Crippen LogP) is 6.98. The van der Waals surface area contributed by atoms with Crippen molar-refractivity contribution in [2.45, 2.75) is 66.2 Å². The summed E-state index contributed by atoms with van der Waals surface area (Å²) in [6, 6.07) is 13.3. The van der Waals surface area contributed by atoms with Crippen LogP contribution in [-0.2, 0) is 11.8 Å². The Morgan fingerprint density at radius 2 is 1.73 bits per heavy atom. The fraction of sp³-hybridized carbons (Fsp3) is 0.520. The van der Waals surface area contributed by atoms with E-state index in [1.54, 1.807) is 0 Å². The third-order valence-corrected chi connectivity index (χ3v) is 5.72. The van der Waals surface area contributed by atoms with Gasteiger partial charge < -0.3 is 4.74 Å². The van der Waals surface area contributed by atoms with E-state index in [4.69, 9.17) is 4.74 Å². The van der Waals surface area contributed by atoms with E-state index in [-0.39, 0.29) is 5.41 Å². The molecule has 0 bridgehead atoms. The first-order valence-electron chi connectivity index (χ1n) is 10.1. The third-order valence-electron chi connectivity index (χ3n) is 5.72. The Labute approximate surface area is 159 Å². The molecule has 3 rings (SSSR count). The van der Waals surface area contributed by atoms with Crippen LogP contribution in [0.4, 0.5) is 0 Å². The van der Waals surface area contributed by atoms with E-state index >= 15 is 0 Å². The van der Waals surface area contributed by atoms with E-state index < -0.39 is 0 Å². The van der Waals surface area contributed by atoms with Crippen molar-refractivity contribution in [1.82, 2.24) is 0 Å². The molecule has 0 amide bonds. The molecule has 1 heteroatoms. The Kier molecular flexibility index (Phi) is 5.19. The molecule has 2 aromatic rings. The van der Waals surface area contributed by atoms with Crippen LogP contribution in [-0.4, -0.2) is 6.61 Å². The molecule has 1 nitrogen and oxygen atoms in total. The van der Waals surface area contributed by atoms with Crippen molar-refractivity contribution in [2.75, 3.05) is 6.61 Å². The molecule has 1 unspecified atom stereocenters. The van der Waals surface area contributed by atoms with Crippen LogP contribution in [0.5, 0.6) is 5.75 Å². The highest BCUT2D eigenvalue weighted by Crippen LogP contribution is 2.50. The first kappa shape index (κ1) is 19.0. The molecule has 0 aromatic heterocycles. The predicted molar refractivity (Wildman–Crippen MR) is 112 cm³/mol. The molecular weight excluding hydrogens is 316 g/mol. The minimum absolute atomic E-state index is 0.0520. The molecule has 0 N–H and O–H groups in total. The second kappa shape index (κ2) is 7.10. The second-order valence-corrected chi connectivity index (χ2v) is 9.49. The summed E-state index contributed by atoms with van der Waals surface area (Å²) in [6.07, 6.45) is 1.14. The summed E-state index contributed by atoms with van der Waals surface area (Å²) in [5, 5.41) is 0. The zero-order valence-electron chi connectivity index (χ0n) is 17.5. The molecule has 0 radical (unpaired) electrons. The average molecular weight is 351 g/mol. The molecule has 2 atom stereocenters. The van der Waals surface area contributed by atoms with E-state index in [0.29, 0.717) is 17.8 Å². The highest BCUT2D eigenvalue weighted by atomic mass is 16.5. The normalized spacial score (nSPS) is 19.7. The minimum Gasteiger partial charge on any atom is -0.492 e. The number of hydrogen-bond acceptors (Lipinski definition) is 1. The molecule has 2 aromatic carbocycles. The lowest BCUT2D eigenvalue weighted by Gasteiger charge is -2.28. The molecule has 1 aliphatic carbocycles. The van der Waals surface area contributed by atoms with Crippen molar-refractivity contribution in [3.05, 3.63) is 53.1 Å². The van der Waals surface area contributed by atoms with Crippen LogP contribution in [0.3, 0.4) is 0 Å². The van der Waals surface area contributed by atoms with Gasteiger partial charge in [-0.2, -0.15) is 0 Å². The van der Waals surface area contributed by atoms with Crippen molar-refractivity contribution in [1.29, 1.82) is 0 Å². The maximum Gasteiger partial charge on any atom is 0.131 e. The zero-order valence-corrected chi connectivity index (χ0v) is 17.5. The molecule has 1 aliphatic rings. The molecule has 0 saturated heterocycles. The smallest absolute Gasteiger partial charge is 0.131 e. The summed E-state index contributed by atoms with van der Waals surface area (Å²) in [5.74, 6) is 2.91. The quantitative estimate of drug-likeness (QED) is 0.578. The topological polar surface area (TPSA) is 9.23 Å². The van der Waals surface area contributed by atoms with Crippen LogP contribution >= 0.6 is 0 Å². The van der Waals surface area contributed by atoms with Crippen molar-refractivity contribution < 1.29 is 4.74 Å². The van der Waals surface area contributed by atoms with Gasteiger partial charge in [-0.05, 0) is 46.3 Å². The van der Waals surface area contributed by atoms with Crippen molar-refractivity contribution in [2.24, 2.45) is 11.8 Å². The average Bonchev–Trinajstić information content (AvgIpc) is 2.86. The van der Waals surface area contributed by atoms with Gasteiger partial charge >= 0.3 is 0 Å². The number of benzene rings is 2. The summed E-state index contributed by atoms with van der Waals surface area (Å²) in [4.78, 5) is 0. The van der Waals surface area contributed by atoms with Crippen molar-refractivity contribution in [3.8, 4) is 16.9 Å². The van der Waals surface area contributed by atoms with E-state index in [1.165, 1.54) is 27.8 Å². The van der Waals surface area contributed by atoms with Crippen molar-refractivity contribution >= 4 is 0 Å². The largest absolute Gasteiger partial charge is 0.492 e. The Hall–Kier alpha value is -1.76. The Balaban J connectivity index is 2.30. The summed E-state index contributed by atoms with van der Waals surface area (Å²) in [5.41, 5.74) is 7.05. The maximum atomic E-state index is 6.51.